The molecule has 1 aromatic carbocycles. The smallest absolute Gasteiger partial charge is 0.410 e. The number of ether oxygens (including phenoxy) is 1. The first-order valence-electron chi connectivity index (χ1n) is 8.13. The first-order valence-corrected chi connectivity index (χ1v) is 8.13. The van der Waals surface area contributed by atoms with Gasteiger partial charge in [-0.15, -0.1) is 0 Å². The van der Waals surface area contributed by atoms with Crippen LogP contribution in [0.3, 0.4) is 0 Å². The molecule has 1 aromatic rings. The first-order chi connectivity index (χ1) is 11.0. The highest BCUT2D eigenvalue weighted by Gasteiger charge is 2.31. The second-order valence-electron chi connectivity index (χ2n) is 6.75. The topological polar surface area (TPSA) is 51.1 Å². The summed E-state index contributed by atoms with van der Waals surface area (Å²) in [7, 11) is 0. The molecule has 0 spiro atoms. The van der Waals surface area contributed by atoms with Crippen molar-refractivity contribution in [2.75, 3.05) is 6.54 Å². The van der Waals surface area contributed by atoms with Crippen LogP contribution in [0.2, 0.25) is 0 Å². The minimum absolute atomic E-state index is 0.147. The molecule has 126 valence electrons. The molecule has 1 fully saturated rings. The summed E-state index contributed by atoms with van der Waals surface area (Å²) < 4.78 is 5.45. The van der Waals surface area contributed by atoms with Crippen LogP contribution in [0.4, 0.5) is 4.79 Å². The Labute approximate surface area is 138 Å². The lowest BCUT2D eigenvalue weighted by molar-refractivity contribution is 0.0231. The standard InChI is InChI=1S/C18H26N2O3/c1-18(2,3)23-17(21)20-13-7-10-16(20)11-12-19-22-14-15-8-5-4-6-9-15/h4-6,8-9,12,16H,7,10-11,13-14H2,1-3H3/b19-12+. The van der Waals surface area contributed by atoms with Gasteiger partial charge in [0.2, 0.25) is 0 Å². The second kappa shape index (κ2) is 7.99. The van der Waals surface area contributed by atoms with Crippen LogP contribution in [0.5, 0.6) is 0 Å². The Morgan fingerprint density at radius 1 is 1.35 bits per heavy atom. The zero-order valence-corrected chi connectivity index (χ0v) is 14.2. The van der Waals surface area contributed by atoms with Crippen molar-refractivity contribution in [3.8, 4) is 0 Å². The molecule has 1 aliphatic heterocycles. The molecule has 0 radical (unpaired) electrons. The number of rotatable bonds is 5. The number of hydrogen-bond acceptors (Lipinski definition) is 4. The fraction of sp³-hybridized carbons (Fsp3) is 0.556. The molecular weight excluding hydrogens is 292 g/mol. The van der Waals surface area contributed by atoms with E-state index < -0.39 is 5.60 Å². The summed E-state index contributed by atoms with van der Waals surface area (Å²) in [5.41, 5.74) is 0.623. The van der Waals surface area contributed by atoms with Crippen molar-refractivity contribution in [3.05, 3.63) is 35.9 Å². The Hall–Kier alpha value is -2.04. The van der Waals surface area contributed by atoms with Crippen molar-refractivity contribution in [1.29, 1.82) is 0 Å². The lowest BCUT2D eigenvalue weighted by Gasteiger charge is -2.28. The van der Waals surface area contributed by atoms with Gasteiger partial charge in [-0.25, -0.2) is 4.79 Å². The van der Waals surface area contributed by atoms with Gasteiger partial charge in [0.15, 0.2) is 0 Å². The van der Waals surface area contributed by atoms with E-state index in [2.05, 4.69) is 5.16 Å². The van der Waals surface area contributed by atoms with Crippen molar-refractivity contribution < 1.29 is 14.4 Å². The Kier molecular flexibility index (Phi) is 6.02. The van der Waals surface area contributed by atoms with E-state index in [1.165, 1.54) is 0 Å². The van der Waals surface area contributed by atoms with E-state index in [0.717, 1.165) is 24.9 Å². The third-order valence-electron chi connectivity index (χ3n) is 3.61. The highest BCUT2D eigenvalue weighted by atomic mass is 16.6. The van der Waals surface area contributed by atoms with E-state index in [9.17, 15) is 4.79 Å². The minimum Gasteiger partial charge on any atom is -0.444 e. The van der Waals surface area contributed by atoms with Crippen LogP contribution in [0.15, 0.2) is 35.5 Å². The molecule has 5 nitrogen and oxygen atoms in total. The molecule has 2 rings (SSSR count). The molecule has 0 aromatic heterocycles. The fourth-order valence-electron chi connectivity index (χ4n) is 2.55. The van der Waals surface area contributed by atoms with Crippen LogP contribution < -0.4 is 0 Å². The van der Waals surface area contributed by atoms with Crippen LogP contribution in [-0.4, -0.2) is 35.4 Å². The molecule has 1 heterocycles. The molecule has 0 bridgehead atoms. The average molecular weight is 318 g/mol. The van der Waals surface area contributed by atoms with Crippen LogP contribution in [-0.2, 0) is 16.2 Å². The zero-order chi connectivity index (χ0) is 16.7. The minimum atomic E-state index is -0.461. The summed E-state index contributed by atoms with van der Waals surface area (Å²) >= 11 is 0. The summed E-state index contributed by atoms with van der Waals surface area (Å²) in [6.07, 6.45) is 4.18. The molecular formula is C18H26N2O3. The predicted molar refractivity (Wildman–Crippen MR) is 90.3 cm³/mol. The zero-order valence-electron chi connectivity index (χ0n) is 14.2. The lowest BCUT2D eigenvalue weighted by atomic mass is 10.1. The van der Waals surface area contributed by atoms with Gasteiger partial charge < -0.3 is 14.5 Å². The first kappa shape index (κ1) is 17.3. The summed E-state index contributed by atoms with van der Waals surface area (Å²) in [5.74, 6) is 0. The number of nitrogens with zero attached hydrogens (tertiary/aromatic N) is 2. The molecule has 1 amide bonds. The Bertz CT molecular complexity index is 523. The summed E-state index contributed by atoms with van der Waals surface area (Å²) in [5, 5.41) is 3.99. The number of carbonyl (C=O) groups excluding carboxylic acids is 1. The van der Waals surface area contributed by atoms with Crippen LogP contribution in [0.1, 0.15) is 45.6 Å². The maximum atomic E-state index is 12.2. The number of oxime groups is 1. The third-order valence-corrected chi connectivity index (χ3v) is 3.61. The number of amides is 1. The number of benzene rings is 1. The molecule has 1 saturated heterocycles. The Morgan fingerprint density at radius 2 is 2.09 bits per heavy atom. The van der Waals surface area contributed by atoms with Gasteiger partial charge in [-0.3, -0.25) is 0 Å². The summed E-state index contributed by atoms with van der Waals surface area (Å²) in [4.78, 5) is 19.3. The van der Waals surface area contributed by atoms with Gasteiger partial charge in [0, 0.05) is 25.2 Å². The van der Waals surface area contributed by atoms with Crippen molar-refractivity contribution >= 4 is 12.3 Å². The monoisotopic (exact) mass is 318 g/mol. The van der Waals surface area contributed by atoms with Crippen molar-refractivity contribution in [2.24, 2.45) is 5.16 Å². The summed E-state index contributed by atoms with van der Waals surface area (Å²) in [6, 6.07) is 10.1. The molecule has 23 heavy (non-hydrogen) atoms. The van der Waals surface area contributed by atoms with Crippen LogP contribution >= 0.6 is 0 Å². The number of carbonyl (C=O) groups is 1. The lowest BCUT2D eigenvalue weighted by Crippen LogP contribution is -2.39. The fourth-order valence-corrected chi connectivity index (χ4v) is 2.55. The molecule has 1 unspecified atom stereocenters. The highest BCUT2D eigenvalue weighted by Crippen LogP contribution is 2.22. The van der Waals surface area contributed by atoms with Gasteiger partial charge in [-0.2, -0.15) is 0 Å². The van der Waals surface area contributed by atoms with E-state index >= 15 is 0 Å². The van der Waals surface area contributed by atoms with E-state index in [1.54, 1.807) is 11.1 Å². The van der Waals surface area contributed by atoms with Gasteiger partial charge in [0.25, 0.3) is 0 Å². The van der Waals surface area contributed by atoms with E-state index in [1.807, 2.05) is 51.1 Å². The predicted octanol–water partition coefficient (Wildman–Crippen LogP) is 3.98. The quantitative estimate of drug-likeness (QED) is 0.609. The molecule has 1 aliphatic rings. The maximum Gasteiger partial charge on any atom is 0.410 e. The van der Waals surface area contributed by atoms with Gasteiger partial charge in [-0.05, 0) is 39.2 Å². The van der Waals surface area contributed by atoms with E-state index in [-0.39, 0.29) is 12.1 Å². The van der Waals surface area contributed by atoms with Crippen LogP contribution in [0.25, 0.3) is 0 Å². The van der Waals surface area contributed by atoms with Gasteiger partial charge in [0.05, 0.1) is 0 Å². The second-order valence-corrected chi connectivity index (χ2v) is 6.75. The molecule has 0 saturated carbocycles. The van der Waals surface area contributed by atoms with E-state index in [4.69, 9.17) is 9.57 Å². The highest BCUT2D eigenvalue weighted by molar-refractivity contribution is 5.70. The molecule has 1 atom stereocenters. The largest absolute Gasteiger partial charge is 0.444 e. The molecule has 0 aliphatic carbocycles. The van der Waals surface area contributed by atoms with Gasteiger partial charge >= 0.3 is 6.09 Å². The van der Waals surface area contributed by atoms with Gasteiger partial charge in [-0.1, -0.05) is 35.5 Å². The maximum absolute atomic E-state index is 12.2. The molecule has 0 N–H and O–H groups in total. The normalized spacial score (nSPS) is 18.4. The van der Waals surface area contributed by atoms with Gasteiger partial charge in [0.1, 0.15) is 12.2 Å². The number of likely N-dealkylation sites (tertiary alicyclic amines) is 1. The average Bonchev–Trinajstić information content (AvgIpc) is 2.95. The number of hydrogen-bond donors (Lipinski definition) is 0. The Morgan fingerprint density at radius 3 is 2.78 bits per heavy atom. The molecule has 5 heteroatoms. The van der Waals surface area contributed by atoms with E-state index in [0.29, 0.717) is 13.0 Å². The summed E-state index contributed by atoms with van der Waals surface area (Å²) in [6.45, 7) is 6.86. The van der Waals surface area contributed by atoms with Crippen LogP contribution in [0, 0.1) is 0 Å². The SMILES string of the molecule is CC(C)(C)OC(=O)N1CCCC1C/C=N/OCc1ccccc1. The third kappa shape index (κ3) is 5.93. The Balaban J connectivity index is 1.75. The van der Waals surface area contributed by atoms with Crippen molar-refractivity contribution in [2.45, 2.75) is 58.3 Å². The van der Waals surface area contributed by atoms with Crippen molar-refractivity contribution in [3.63, 3.8) is 0 Å². The van der Waals surface area contributed by atoms with Crippen molar-refractivity contribution in [1.82, 2.24) is 4.90 Å².